The lowest BCUT2D eigenvalue weighted by Gasteiger charge is -1.95. The van der Waals surface area contributed by atoms with Crippen LogP contribution in [0.2, 0.25) is 0 Å². The Balaban J connectivity index is 2.79. The third-order valence-corrected chi connectivity index (χ3v) is 2.02. The van der Waals surface area contributed by atoms with Crippen LogP contribution in [0, 0.1) is 0 Å². The van der Waals surface area contributed by atoms with Gasteiger partial charge in [-0.1, -0.05) is 0 Å². The number of fused-ring (bicyclic) bond motifs is 1. The van der Waals surface area contributed by atoms with Crippen LogP contribution in [-0.4, -0.2) is 22.0 Å². The Morgan fingerprint density at radius 2 is 2.07 bits per heavy atom. The van der Waals surface area contributed by atoms with Crippen LogP contribution in [0.5, 0.6) is 0 Å². The molecular formula is C8H10N4O2. The lowest BCUT2D eigenvalue weighted by molar-refractivity contribution is 0.821. The molecule has 2 aromatic heterocycles. The van der Waals surface area contributed by atoms with E-state index in [1.165, 1.54) is 0 Å². The zero-order valence-corrected chi connectivity index (χ0v) is 7.60. The predicted octanol–water partition coefficient (Wildman–Crippen LogP) is -0.736. The summed E-state index contributed by atoms with van der Waals surface area (Å²) in [7, 11) is 1.80. The molecule has 0 saturated heterocycles. The molecule has 6 heteroatoms. The third-order valence-electron chi connectivity index (χ3n) is 2.02. The molecule has 14 heavy (non-hydrogen) atoms. The first-order valence-corrected chi connectivity index (χ1v) is 4.19. The molecule has 0 aliphatic carbocycles. The van der Waals surface area contributed by atoms with Gasteiger partial charge in [0.15, 0.2) is 0 Å². The highest BCUT2D eigenvalue weighted by Crippen LogP contribution is 2.09. The van der Waals surface area contributed by atoms with Crippen LogP contribution in [0.25, 0.3) is 11.0 Å². The zero-order chi connectivity index (χ0) is 10.1. The summed E-state index contributed by atoms with van der Waals surface area (Å²) in [5.74, 6) is 0. The van der Waals surface area contributed by atoms with Crippen molar-refractivity contribution in [1.82, 2.24) is 20.3 Å². The number of hydrogen-bond acceptors (Lipinski definition) is 3. The Morgan fingerprint density at radius 3 is 2.79 bits per heavy atom. The van der Waals surface area contributed by atoms with Crippen molar-refractivity contribution in [2.24, 2.45) is 0 Å². The number of H-pyrrole nitrogens is 3. The SMILES string of the molecule is CNCc1c[nH]c2c(=O)[nH]c(=O)[nH]c12. The Bertz CT molecular complexity index is 562. The van der Waals surface area contributed by atoms with Crippen molar-refractivity contribution in [3.8, 4) is 0 Å². The second-order valence-corrected chi connectivity index (χ2v) is 3.00. The van der Waals surface area contributed by atoms with Crippen molar-refractivity contribution in [2.75, 3.05) is 7.05 Å². The fourth-order valence-electron chi connectivity index (χ4n) is 1.43. The van der Waals surface area contributed by atoms with Gasteiger partial charge in [0, 0.05) is 18.3 Å². The Hall–Kier alpha value is -1.82. The maximum atomic E-state index is 11.3. The molecule has 0 aliphatic rings. The molecule has 6 nitrogen and oxygen atoms in total. The van der Waals surface area contributed by atoms with Gasteiger partial charge in [0.25, 0.3) is 5.56 Å². The fraction of sp³-hybridized carbons (Fsp3) is 0.250. The standard InChI is InChI=1S/C8H10N4O2/c1-9-2-4-3-10-6-5(4)11-8(14)12-7(6)13/h3,9-10H,2H2,1H3,(H2,11,12,13,14). The number of hydrogen-bond donors (Lipinski definition) is 4. The molecule has 4 N–H and O–H groups in total. The average Bonchev–Trinajstić information content (AvgIpc) is 2.49. The Kier molecular flexibility index (Phi) is 1.97. The van der Waals surface area contributed by atoms with Gasteiger partial charge < -0.3 is 15.3 Å². The van der Waals surface area contributed by atoms with E-state index in [0.717, 1.165) is 5.56 Å². The third kappa shape index (κ3) is 1.25. The van der Waals surface area contributed by atoms with Crippen LogP contribution in [0.4, 0.5) is 0 Å². The monoisotopic (exact) mass is 194 g/mol. The quantitative estimate of drug-likeness (QED) is 0.507. The van der Waals surface area contributed by atoms with Gasteiger partial charge in [0.05, 0.1) is 5.52 Å². The van der Waals surface area contributed by atoms with E-state index in [1.54, 1.807) is 13.2 Å². The van der Waals surface area contributed by atoms with Crippen LogP contribution in [-0.2, 0) is 6.54 Å². The van der Waals surface area contributed by atoms with Crippen molar-refractivity contribution in [1.29, 1.82) is 0 Å². The van der Waals surface area contributed by atoms with Gasteiger partial charge in [0.2, 0.25) is 0 Å². The van der Waals surface area contributed by atoms with E-state index in [-0.39, 0.29) is 0 Å². The molecule has 0 radical (unpaired) electrons. The molecule has 0 spiro atoms. The van der Waals surface area contributed by atoms with Crippen molar-refractivity contribution in [2.45, 2.75) is 6.54 Å². The van der Waals surface area contributed by atoms with Crippen molar-refractivity contribution in [3.05, 3.63) is 32.6 Å². The van der Waals surface area contributed by atoms with Crippen LogP contribution in [0.3, 0.4) is 0 Å². The number of aromatic nitrogens is 3. The van der Waals surface area contributed by atoms with Crippen LogP contribution < -0.4 is 16.6 Å². The van der Waals surface area contributed by atoms with E-state index in [9.17, 15) is 9.59 Å². The maximum absolute atomic E-state index is 11.3. The zero-order valence-electron chi connectivity index (χ0n) is 7.60. The molecule has 0 unspecified atom stereocenters. The summed E-state index contributed by atoms with van der Waals surface area (Å²) >= 11 is 0. The summed E-state index contributed by atoms with van der Waals surface area (Å²) in [6.45, 7) is 0.597. The normalized spacial score (nSPS) is 10.9. The molecule has 0 aromatic carbocycles. The topological polar surface area (TPSA) is 93.5 Å². The lowest BCUT2D eigenvalue weighted by atomic mass is 10.3. The van der Waals surface area contributed by atoms with Gasteiger partial charge in [-0.15, -0.1) is 0 Å². The summed E-state index contributed by atoms with van der Waals surface area (Å²) in [4.78, 5) is 29.8. The molecule has 74 valence electrons. The highest BCUT2D eigenvalue weighted by Gasteiger charge is 2.06. The van der Waals surface area contributed by atoms with Crippen LogP contribution in [0.15, 0.2) is 15.8 Å². The first-order chi connectivity index (χ1) is 6.72. The molecule has 2 rings (SSSR count). The minimum atomic E-state index is -0.487. The fourth-order valence-corrected chi connectivity index (χ4v) is 1.43. The largest absolute Gasteiger partial charge is 0.355 e. The van der Waals surface area contributed by atoms with Crippen molar-refractivity contribution in [3.63, 3.8) is 0 Å². The van der Waals surface area contributed by atoms with E-state index in [4.69, 9.17) is 0 Å². The first kappa shape index (κ1) is 8.76. The maximum Gasteiger partial charge on any atom is 0.326 e. The van der Waals surface area contributed by atoms with Gasteiger partial charge >= 0.3 is 5.69 Å². The molecule has 0 atom stereocenters. The number of nitrogens with one attached hydrogen (secondary N) is 4. The van der Waals surface area contributed by atoms with Gasteiger partial charge in [-0.05, 0) is 7.05 Å². The Morgan fingerprint density at radius 1 is 1.29 bits per heavy atom. The molecule has 2 heterocycles. The van der Waals surface area contributed by atoms with E-state index in [1.807, 2.05) is 0 Å². The molecule has 0 fully saturated rings. The minimum absolute atomic E-state index is 0.397. The summed E-state index contributed by atoms with van der Waals surface area (Å²) in [6, 6.07) is 0. The van der Waals surface area contributed by atoms with Crippen molar-refractivity contribution < 1.29 is 0 Å². The van der Waals surface area contributed by atoms with Gasteiger partial charge in [-0.25, -0.2) is 4.79 Å². The van der Waals surface area contributed by atoms with Gasteiger partial charge in [-0.2, -0.15) is 0 Å². The van der Waals surface area contributed by atoms with Gasteiger partial charge in [-0.3, -0.25) is 9.78 Å². The van der Waals surface area contributed by atoms with E-state index in [2.05, 4.69) is 20.3 Å². The smallest absolute Gasteiger partial charge is 0.326 e. The molecule has 0 bridgehead atoms. The van der Waals surface area contributed by atoms with Crippen LogP contribution in [0.1, 0.15) is 5.56 Å². The summed E-state index contributed by atoms with van der Waals surface area (Å²) in [5, 5.41) is 2.95. The number of aromatic amines is 3. The van der Waals surface area contributed by atoms with Gasteiger partial charge in [0.1, 0.15) is 5.52 Å². The minimum Gasteiger partial charge on any atom is -0.355 e. The highest BCUT2D eigenvalue weighted by atomic mass is 16.2. The predicted molar refractivity (Wildman–Crippen MR) is 52.3 cm³/mol. The first-order valence-electron chi connectivity index (χ1n) is 4.19. The average molecular weight is 194 g/mol. The summed E-state index contributed by atoms with van der Waals surface area (Å²) < 4.78 is 0. The Labute approximate surface area is 78.4 Å². The molecule has 0 aliphatic heterocycles. The summed E-state index contributed by atoms with van der Waals surface area (Å²) in [5.41, 5.74) is 0.944. The number of rotatable bonds is 2. The molecular weight excluding hydrogens is 184 g/mol. The van der Waals surface area contributed by atoms with E-state index < -0.39 is 11.2 Å². The molecule has 0 amide bonds. The second kappa shape index (κ2) is 3.15. The second-order valence-electron chi connectivity index (χ2n) is 3.00. The van der Waals surface area contributed by atoms with Crippen LogP contribution >= 0.6 is 0 Å². The molecule has 0 saturated carbocycles. The molecule has 2 aromatic rings. The van der Waals surface area contributed by atoms with Crippen molar-refractivity contribution >= 4 is 11.0 Å². The van der Waals surface area contributed by atoms with E-state index >= 15 is 0 Å². The summed E-state index contributed by atoms with van der Waals surface area (Å²) in [6.07, 6.45) is 1.70. The lowest BCUT2D eigenvalue weighted by Crippen LogP contribution is -2.22. The highest BCUT2D eigenvalue weighted by molar-refractivity contribution is 5.77. The van der Waals surface area contributed by atoms with E-state index in [0.29, 0.717) is 17.6 Å².